The van der Waals surface area contributed by atoms with Crippen molar-refractivity contribution in [3.05, 3.63) is 17.5 Å². The molecule has 1 rings (SSSR count). The number of amides is 1. The lowest BCUT2D eigenvalue weighted by molar-refractivity contribution is -0.109. The number of nitrogens with zero attached hydrogens (tertiary/aromatic N) is 1. The summed E-state index contributed by atoms with van der Waals surface area (Å²) in [6, 6.07) is 1.77. The van der Waals surface area contributed by atoms with E-state index in [2.05, 4.69) is 10.5 Å². The molecule has 0 aliphatic carbocycles. The van der Waals surface area contributed by atoms with Gasteiger partial charge in [0, 0.05) is 6.07 Å². The first kappa shape index (κ1) is 6.80. The fraction of sp³-hybridized carbons (Fsp3) is 0.333. The number of carbonyl (C=O) groups is 1. The summed E-state index contributed by atoms with van der Waals surface area (Å²) in [6.45, 7) is 2.23. The Bertz CT molecular complexity index is 219. The van der Waals surface area contributed by atoms with Crippen LogP contribution in [0.15, 0.2) is 10.6 Å². The molecule has 54 valence electrons. The lowest BCUT2D eigenvalue weighted by Gasteiger charge is -1.87. The zero-order chi connectivity index (χ0) is 7.40. The molecule has 1 aromatic rings. The minimum absolute atomic E-state index is 0.431. The number of aryl methyl sites for hydroxylation is 1. The highest BCUT2D eigenvalue weighted by Crippen LogP contribution is 1.99. The van der Waals surface area contributed by atoms with Gasteiger partial charge in [-0.1, -0.05) is 5.16 Å². The highest BCUT2D eigenvalue weighted by Gasteiger charge is 1.96. The number of aromatic nitrogens is 1. The summed E-state index contributed by atoms with van der Waals surface area (Å²) in [5.41, 5.74) is 0.740. The summed E-state index contributed by atoms with van der Waals surface area (Å²) < 4.78 is 4.76. The van der Waals surface area contributed by atoms with Crippen LogP contribution >= 0.6 is 0 Å². The van der Waals surface area contributed by atoms with Gasteiger partial charge in [-0.25, -0.2) is 0 Å². The summed E-state index contributed by atoms with van der Waals surface area (Å²) in [7, 11) is 0. The minimum Gasteiger partial charge on any atom is -0.361 e. The molecule has 0 aliphatic rings. The van der Waals surface area contributed by atoms with Gasteiger partial charge < -0.3 is 9.84 Å². The minimum atomic E-state index is 0.431. The van der Waals surface area contributed by atoms with Crippen molar-refractivity contribution in [2.24, 2.45) is 0 Å². The lowest BCUT2D eigenvalue weighted by Crippen LogP contribution is -2.09. The van der Waals surface area contributed by atoms with E-state index >= 15 is 0 Å². The molecule has 0 fully saturated rings. The first-order valence-electron chi connectivity index (χ1n) is 2.92. The Kier molecular flexibility index (Phi) is 2.04. The smallest absolute Gasteiger partial charge is 0.207 e. The van der Waals surface area contributed by atoms with E-state index in [1.54, 1.807) is 13.0 Å². The standard InChI is InChI=1S/C6H8N2O2/c1-5-2-6(8-10-5)3-7-4-9/h2,4H,3H2,1H3,(H,7,9). The van der Waals surface area contributed by atoms with E-state index in [0.717, 1.165) is 11.5 Å². The molecular weight excluding hydrogens is 132 g/mol. The molecule has 0 atom stereocenters. The molecule has 0 bridgehead atoms. The summed E-state index contributed by atoms with van der Waals surface area (Å²) in [5.74, 6) is 0.752. The quantitative estimate of drug-likeness (QED) is 0.611. The molecular formula is C6H8N2O2. The van der Waals surface area contributed by atoms with Crippen molar-refractivity contribution in [2.75, 3.05) is 0 Å². The Hall–Kier alpha value is -1.32. The molecule has 0 saturated carbocycles. The summed E-state index contributed by atoms with van der Waals surface area (Å²) in [5, 5.41) is 6.13. The molecule has 0 unspecified atom stereocenters. The molecule has 1 aromatic heterocycles. The molecule has 0 radical (unpaired) electrons. The largest absolute Gasteiger partial charge is 0.361 e. The van der Waals surface area contributed by atoms with Crippen molar-refractivity contribution in [3.63, 3.8) is 0 Å². The molecule has 10 heavy (non-hydrogen) atoms. The zero-order valence-corrected chi connectivity index (χ0v) is 5.63. The highest BCUT2D eigenvalue weighted by molar-refractivity contribution is 5.45. The fourth-order valence-electron chi connectivity index (χ4n) is 0.648. The van der Waals surface area contributed by atoms with Gasteiger partial charge in [0.2, 0.25) is 6.41 Å². The van der Waals surface area contributed by atoms with Gasteiger partial charge in [-0.05, 0) is 6.92 Å². The van der Waals surface area contributed by atoms with Crippen LogP contribution < -0.4 is 5.32 Å². The van der Waals surface area contributed by atoms with Crippen molar-refractivity contribution in [3.8, 4) is 0 Å². The maximum atomic E-state index is 9.82. The van der Waals surface area contributed by atoms with E-state index in [4.69, 9.17) is 4.52 Å². The van der Waals surface area contributed by atoms with E-state index in [9.17, 15) is 4.79 Å². The topological polar surface area (TPSA) is 55.1 Å². The maximum Gasteiger partial charge on any atom is 0.207 e. The molecule has 1 N–H and O–H groups in total. The molecule has 0 saturated heterocycles. The van der Waals surface area contributed by atoms with Gasteiger partial charge in [0.05, 0.1) is 6.54 Å². The second-order valence-electron chi connectivity index (χ2n) is 1.93. The van der Waals surface area contributed by atoms with Crippen LogP contribution in [0, 0.1) is 6.92 Å². The third-order valence-corrected chi connectivity index (χ3v) is 1.04. The predicted molar refractivity (Wildman–Crippen MR) is 34.1 cm³/mol. The molecule has 4 heteroatoms. The van der Waals surface area contributed by atoms with E-state index in [1.807, 2.05) is 0 Å². The van der Waals surface area contributed by atoms with E-state index in [-0.39, 0.29) is 0 Å². The van der Waals surface area contributed by atoms with Crippen molar-refractivity contribution in [1.82, 2.24) is 10.5 Å². The van der Waals surface area contributed by atoms with Crippen molar-refractivity contribution < 1.29 is 9.32 Å². The van der Waals surface area contributed by atoms with E-state index < -0.39 is 0 Å². The Morgan fingerprint density at radius 1 is 1.90 bits per heavy atom. The van der Waals surface area contributed by atoms with Crippen LogP contribution in [0.25, 0.3) is 0 Å². The van der Waals surface area contributed by atoms with Crippen molar-refractivity contribution in [1.29, 1.82) is 0 Å². The Morgan fingerprint density at radius 2 is 2.70 bits per heavy atom. The number of hydrogen-bond donors (Lipinski definition) is 1. The highest BCUT2D eigenvalue weighted by atomic mass is 16.5. The van der Waals surface area contributed by atoms with Crippen LogP contribution in [0.4, 0.5) is 0 Å². The molecule has 1 heterocycles. The lowest BCUT2D eigenvalue weighted by atomic mass is 10.4. The predicted octanol–water partition coefficient (Wildman–Crippen LogP) is 0.229. The summed E-state index contributed by atoms with van der Waals surface area (Å²) in [4.78, 5) is 9.82. The first-order chi connectivity index (χ1) is 4.83. The second-order valence-corrected chi connectivity index (χ2v) is 1.93. The third kappa shape index (κ3) is 1.58. The molecule has 0 aliphatic heterocycles. The van der Waals surface area contributed by atoms with Crippen LogP contribution in [0.3, 0.4) is 0 Å². The van der Waals surface area contributed by atoms with Gasteiger partial charge in [0.15, 0.2) is 0 Å². The summed E-state index contributed by atoms with van der Waals surface area (Å²) in [6.07, 6.45) is 0.629. The Morgan fingerprint density at radius 3 is 3.20 bits per heavy atom. The van der Waals surface area contributed by atoms with Crippen molar-refractivity contribution >= 4 is 6.41 Å². The number of hydrogen-bond acceptors (Lipinski definition) is 3. The van der Waals surface area contributed by atoms with Crippen LogP contribution in [0.1, 0.15) is 11.5 Å². The number of carbonyl (C=O) groups excluding carboxylic acids is 1. The SMILES string of the molecule is Cc1cc(CNC=O)no1. The second kappa shape index (κ2) is 3.00. The fourth-order valence-corrected chi connectivity index (χ4v) is 0.648. The average Bonchev–Trinajstić information content (AvgIpc) is 2.31. The zero-order valence-electron chi connectivity index (χ0n) is 5.63. The van der Waals surface area contributed by atoms with Gasteiger partial charge in [-0.15, -0.1) is 0 Å². The Balaban J connectivity index is 2.49. The van der Waals surface area contributed by atoms with Crippen molar-refractivity contribution in [2.45, 2.75) is 13.5 Å². The number of nitrogens with one attached hydrogen (secondary N) is 1. The van der Waals surface area contributed by atoms with Gasteiger partial charge in [-0.3, -0.25) is 4.79 Å². The summed E-state index contributed by atoms with van der Waals surface area (Å²) >= 11 is 0. The number of rotatable bonds is 3. The normalized spacial score (nSPS) is 9.30. The molecule has 1 amide bonds. The van der Waals surface area contributed by atoms with Gasteiger partial charge in [0.1, 0.15) is 11.5 Å². The molecule has 4 nitrogen and oxygen atoms in total. The van der Waals surface area contributed by atoms with E-state index in [1.165, 1.54) is 0 Å². The van der Waals surface area contributed by atoms with Crippen LogP contribution in [0.2, 0.25) is 0 Å². The first-order valence-corrected chi connectivity index (χ1v) is 2.92. The van der Waals surface area contributed by atoms with E-state index in [0.29, 0.717) is 13.0 Å². The maximum absolute atomic E-state index is 9.82. The average molecular weight is 140 g/mol. The molecule has 0 aromatic carbocycles. The van der Waals surface area contributed by atoms with Crippen LogP contribution in [-0.4, -0.2) is 11.6 Å². The third-order valence-electron chi connectivity index (χ3n) is 1.04. The Labute approximate surface area is 58.2 Å². The van der Waals surface area contributed by atoms with Gasteiger partial charge in [-0.2, -0.15) is 0 Å². The van der Waals surface area contributed by atoms with Crippen LogP contribution in [0.5, 0.6) is 0 Å². The van der Waals surface area contributed by atoms with Gasteiger partial charge in [0.25, 0.3) is 0 Å². The monoisotopic (exact) mass is 140 g/mol. The van der Waals surface area contributed by atoms with Gasteiger partial charge >= 0.3 is 0 Å². The van der Waals surface area contributed by atoms with Crippen LogP contribution in [-0.2, 0) is 11.3 Å². The molecule has 0 spiro atoms.